The van der Waals surface area contributed by atoms with Crippen molar-refractivity contribution in [1.29, 1.82) is 5.26 Å². The molecule has 1 saturated carbocycles. The highest BCUT2D eigenvalue weighted by Crippen LogP contribution is 2.36. The summed E-state index contributed by atoms with van der Waals surface area (Å²) in [6, 6.07) is 17.1. The second kappa shape index (κ2) is 8.90. The van der Waals surface area contributed by atoms with Gasteiger partial charge in [-0.05, 0) is 59.9 Å². The maximum Gasteiger partial charge on any atom is 0.137 e. The van der Waals surface area contributed by atoms with Crippen molar-refractivity contribution in [3.63, 3.8) is 0 Å². The van der Waals surface area contributed by atoms with E-state index >= 15 is 0 Å². The normalized spacial score (nSPS) is 19.7. The van der Waals surface area contributed by atoms with Crippen LogP contribution < -0.4 is 4.74 Å². The Morgan fingerprint density at radius 1 is 1.00 bits per heavy atom. The molecule has 0 aliphatic heterocycles. The molecule has 0 amide bonds. The highest BCUT2D eigenvalue weighted by molar-refractivity contribution is 5.67. The molecule has 1 aliphatic carbocycles. The Balaban J connectivity index is 1.73. The Bertz CT molecular complexity index is 749. The highest BCUT2D eigenvalue weighted by atomic mass is 16.5. The van der Waals surface area contributed by atoms with Crippen LogP contribution in [-0.2, 0) is 0 Å². The summed E-state index contributed by atoms with van der Waals surface area (Å²) in [6.07, 6.45) is 7.40. The number of benzene rings is 2. The van der Waals surface area contributed by atoms with Gasteiger partial charge in [-0.15, -0.1) is 0 Å². The summed E-state index contributed by atoms with van der Waals surface area (Å²) in [5.41, 5.74) is 4.31. The van der Waals surface area contributed by atoms with Gasteiger partial charge in [0.1, 0.15) is 11.8 Å². The van der Waals surface area contributed by atoms with E-state index < -0.39 is 0 Å². The Morgan fingerprint density at radius 3 is 2.35 bits per heavy atom. The van der Waals surface area contributed by atoms with E-state index in [1.165, 1.54) is 31.2 Å². The fraction of sp³-hybridized carbons (Fsp3) is 0.458. The van der Waals surface area contributed by atoms with Gasteiger partial charge in [0.2, 0.25) is 0 Å². The van der Waals surface area contributed by atoms with E-state index in [4.69, 9.17) is 4.74 Å². The Hall–Kier alpha value is -2.27. The van der Waals surface area contributed by atoms with Crippen molar-refractivity contribution in [3.8, 4) is 22.9 Å². The van der Waals surface area contributed by atoms with Crippen molar-refractivity contribution in [3.05, 3.63) is 53.6 Å². The molecule has 136 valence electrons. The summed E-state index contributed by atoms with van der Waals surface area (Å²) >= 11 is 0. The Morgan fingerprint density at radius 2 is 1.69 bits per heavy atom. The van der Waals surface area contributed by atoms with Crippen molar-refractivity contribution in [1.82, 2.24) is 0 Å². The minimum absolute atomic E-state index is 0.615. The van der Waals surface area contributed by atoms with Crippen molar-refractivity contribution >= 4 is 0 Å². The molecule has 0 spiro atoms. The Labute approximate surface area is 157 Å². The van der Waals surface area contributed by atoms with Gasteiger partial charge in [0, 0.05) is 0 Å². The maximum atomic E-state index is 9.45. The third-order valence-electron chi connectivity index (χ3n) is 5.59. The number of hydrogen-bond donors (Lipinski definition) is 0. The van der Waals surface area contributed by atoms with Crippen molar-refractivity contribution in [2.75, 3.05) is 6.61 Å². The van der Waals surface area contributed by atoms with Gasteiger partial charge in [-0.2, -0.15) is 5.26 Å². The SMILES string of the molecule is CCCCOc1ccc(-c2ccc(C3CCC(C)CC3)cc2)cc1C#N. The lowest BCUT2D eigenvalue weighted by atomic mass is 9.79. The molecule has 2 nitrogen and oxygen atoms in total. The van der Waals surface area contributed by atoms with E-state index in [2.05, 4.69) is 50.2 Å². The molecule has 0 heterocycles. The number of hydrogen-bond acceptors (Lipinski definition) is 2. The maximum absolute atomic E-state index is 9.45. The average molecular weight is 348 g/mol. The van der Waals surface area contributed by atoms with E-state index in [0.717, 1.165) is 29.9 Å². The molecule has 2 heteroatoms. The van der Waals surface area contributed by atoms with Crippen molar-refractivity contribution in [2.45, 2.75) is 58.3 Å². The summed E-state index contributed by atoms with van der Waals surface area (Å²) in [4.78, 5) is 0. The lowest BCUT2D eigenvalue weighted by Crippen LogP contribution is -2.10. The fourth-order valence-electron chi connectivity index (χ4n) is 3.79. The van der Waals surface area contributed by atoms with Crippen LogP contribution in [0.1, 0.15) is 69.4 Å². The van der Waals surface area contributed by atoms with Gasteiger partial charge in [0.15, 0.2) is 0 Å². The molecule has 0 atom stereocenters. The molecule has 26 heavy (non-hydrogen) atoms. The van der Waals surface area contributed by atoms with Gasteiger partial charge in [-0.1, -0.05) is 63.4 Å². The van der Waals surface area contributed by atoms with Crippen molar-refractivity contribution in [2.24, 2.45) is 5.92 Å². The molecule has 0 unspecified atom stereocenters. The van der Waals surface area contributed by atoms with Gasteiger partial charge >= 0.3 is 0 Å². The topological polar surface area (TPSA) is 33.0 Å². The van der Waals surface area contributed by atoms with E-state index in [9.17, 15) is 5.26 Å². The third-order valence-corrected chi connectivity index (χ3v) is 5.59. The molecule has 2 aromatic carbocycles. The van der Waals surface area contributed by atoms with Crippen LogP contribution in [0, 0.1) is 17.2 Å². The molecule has 3 rings (SSSR count). The summed E-state index contributed by atoms with van der Waals surface area (Å²) < 4.78 is 5.74. The molecule has 0 bridgehead atoms. The van der Waals surface area contributed by atoms with E-state index in [-0.39, 0.29) is 0 Å². The van der Waals surface area contributed by atoms with E-state index in [0.29, 0.717) is 23.8 Å². The monoisotopic (exact) mass is 347 g/mol. The molecule has 0 saturated heterocycles. The molecule has 1 fully saturated rings. The first-order valence-electron chi connectivity index (χ1n) is 9.98. The van der Waals surface area contributed by atoms with Gasteiger partial charge in [0.25, 0.3) is 0 Å². The predicted octanol–water partition coefficient (Wildman–Crippen LogP) is 6.70. The minimum Gasteiger partial charge on any atom is -0.492 e. The summed E-state index contributed by atoms with van der Waals surface area (Å²) in [7, 11) is 0. The lowest BCUT2D eigenvalue weighted by molar-refractivity contribution is 0.308. The fourth-order valence-corrected chi connectivity index (χ4v) is 3.79. The first-order valence-corrected chi connectivity index (χ1v) is 9.98. The number of unbranched alkanes of at least 4 members (excludes halogenated alkanes) is 1. The smallest absolute Gasteiger partial charge is 0.137 e. The molecule has 0 N–H and O–H groups in total. The molecular formula is C24H29NO. The Kier molecular flexibility index (Phi) is 6.34. The second-order valence-corrected chi connectivity index (χ2v) is 7.60. The molecule has 2 aromatic rings. The van der Waals surface area contributed by atoms with Gasteiger partial charge in [-0.3, -0.25) is 0 Å². The van der Waals surface area contributed by atoms with E-state index in [1.807, 2.05) is 12.1 Å². The number of nitriles is 1. The number of rotatable bonds is 6. The van der Waals surface area contributed by atoms with Crippen molar-refractivity contribution < 1.29 is 4.74 Å². The van der Waals surface area contributed by atoms with Crippen LogP contribution in [0.3, 0.4) is 0 Å². The number of ether oxygens (including phenoxy) is 1. The van der Waals surface area contributed by atoms with Crippen LogP contribution in [-0.4, -0.2) is 6.61 Å². The summed E-state index contributed by atoms with van der Waals surface area (Å²) in [5.74, 6) is 2.29. The third kappa shape index (κ3) is 4.47. The van der Waals surface area contributed by atoms with Crippen LogP contribution in [0.2, 0.25) is 0 Å². The zero-order valence-electron chi connectivity index (χ0n) is 16.0. The summed E-state index contributed by atoms with van der Waals surface area (Å²) in [6.45, 7) is 5.16. The van der Waals surface area contributed by atoms with Crippen LogP contribution >= 0.6 is 0 Å². The van der Waals surface area contributed by atoms with Gasteiger partial charge in [-0.25, -0.2) is 0 Å². The highest BCUT2D eigenvalue weighted by Gasteiger charge is 2.19. The molecule has 0 aromatic heterocycles. The number of nitrogens with zero attached hydrogens (tertiary/aromatic N) is 1. The standard InChI is InChI=1S/C24H29NO/c1-3-4-15-26-24-14-13-22(16-23(24)17-25)21-11-9-20(10-12-21)19-7-5-18(2)6-8-19/h9-14,16,18-19H,3-8,15H2,1-2H3. The van der Waals surface area contributed by atoms with Crippen LogP contribution in [0.25, 0.3) is 11.1 Å². The minimum atomic E-state index is 0.615. The average Bonchev–Trinajstić information content (AvgIpc) is 2.69. The van der Waals surface area contributed by atoms with Crippen LogP contribution in [0.5, 0.6) is 5.75 Å². The van der Waals surface area contributed by atoms with Gasteiger partial charge in [0.05, 0.1) is 12.2 Å². The first-order chi connectivity index (χ1) is 12.7. The molecule has 1 aliphatic rings. The lowest BCUT2D eigenvalue weighted by Gasteiger charge is -2.26. The predicted molar refractivity (Wildman–Crippen MR) is 107 cm³/mol. The zero-order valence-corrected chi connectivity index (χ0v) is 16.0. The van der Waals surface area contributed by atoms with Gasteiger partial charge < -0.3 is 4.74 Å². The zero-order chi connectivity index (χ0) is 18.4. The second-order valence-electron chi connectivity index (χ2n) is 7.60. The van der Waals surface area contributed by atoms with E-state index in [1.54, 1.807) is 0 Å². The van der Waals surface area contributed by atoms with Crippen LogP contribution in [0.15, 0.2) is 42.5 Å². The van der Waals surface area contributed by atoms with Crippen LogP contribution in [0.4, 0.5) is 0 Å². The first kappa shape index (κ1) is 18.5. The summed E-state index contributed by atoms with van der Waals surface area (Å²) in [5, 5.41) is 9.45. The largest absolute Gasteiger partial charge is 0.492 e. The molecular weight excluding hydrogens is 318 g/mol. The quantitative estimate of drug-likeness (QED) is 0.545. The molecule has 0 radical (unpaired) electrons.